The predicted octanol–water partition coefficient (Wildman–Crippen LogP) is 2.97. The van der Waals surface area contributed by atoms with Crippen molar-refractivity contribution in [2.75, 3.05) is 13.1 Å². The van der Waals surface area contributed by atoms with Crippen LogP contribution in [-0.2, 0) is 15.9 Å². The van der Waals surface area contributed by atoms with Crippen LogP contribution >= 0.6 is 11.6 Å². The summed E-state index contributed by atoms with van der Waals surface area (Å²) in [6.45, 7) is 1.17. The summed E-state index contributed by atoms with van der Waals surface area (Å²) in [4.78, 5) is 0. The number of hydrogen-bond acceptors (Lipinski definition) is 3. The van der Waals surface area contributed by atoms with Gasteiger partial charge in [0.05, 0.1) is 5.88 Å². The fourth-order valence-electron chi connectivity index (χ4n) is 2.15. The van der Waals surface area contributed by atoms with Gasteiger partial charge < -0.3 is 4.42 Å². The molecule has 0 radical (unpaired) electrons. The molecule has 2 rings (SSSR count). The molecule has 1 fully saturated rings. The molecule has 18 heavy (non-hydrogen) atoms. The highest BCUT2D eigenvalue weighted by Crippen LogP contribution is 2.22. The first-order valence-corrected chi connectivity index (χ1v) is 8.27. The molecule has 1 saturated heterocycles. The topological polar surface area (TPSA) is 50.5 Å². The maximum Gasteiger partial charge on any atom is 0.276 e. The summed E-state index contributed by atoms with van der Waals surface area (Å²) in [6, 6.07) is 3.11. The second-order valence-corrected chi connectivity index (χ2v) is 6.66. The van der Waals surface area contributed by atoms with E-state index in [0.717, 1.165) is 25.7 Å². The molecule has 0 aromatic carbocycles. The van der Waals surface area contributed by atoms with Crippen LogP contribution in [0.4, 0.5) is 0 Å². The molecule has 0 amide bonds. The largest absolute Gasteiger partial charge is 0.447 e. The van der Waals surface area contributed by atoms with E-state index in [1.54, 1.807) is 6.07 Å². The Bertz CT molecular complexity index is 475. The summed E-state index contributed by atoms with van der Waals surface area (Å²) in [5.41, 5.74) is 0. The third-order valence-electron chi connectivity index (χ3n) is 3.18. The van der Waals surface area contributed by atoms with Crippen LogP contribution in [0.15, 0.2) is 21.6 Å². The molecule has 1 aliphatic heterocycles. The number of sulfonamides is 1. The highest BCUT2D eigenvalue weighted by atomic mass is 35.5. The van der Waals surface area contributed by atoms with E-state index in [1.165, 1.54) is 16.8 Å². The van der Waals surface area contributed by atoms with Gasteiger partial charge in [-0.3, -0.25) is 0 Å². The van der Waals surface area contributed by atoms with E-state index in [9.17, 15) is 8.42 Å². The van der Waals surface area contributed by atoms with Crippen LogP contribution in [0.2, 0.25) is 0 Å². The molecule has 4 nitrogen and oxygen atoms in total. The zero-order valence-electron chi connectivity index (χ0n) is 10.3. The number of hydrogen-bond donors (Lipinski definition) is 0. The van der Waals surface area contributed by atoms with Crippen LogP contribution in [0.5, 0.6) is 0 Å². The monoisotopic (exact) mass is 291 g/mol. The summed E-state index contributed by atoms with van der Waals surface area (Å²) in [5, 5.41) is 0.0127. The van der Waals surface area contributed by atoms with E-state index in [1.807, 2.05) is 0 Å². The quantitative estimate of drug-likeness (QED) is 0.805. The van der Waals surface area contributed by atoms with Gasteiger partial charge in [0.2, 0.25) is 5.09 Å². The minimum absolute atomic E-state index is 0.0127. The lowest BCUT2D eigenvalue weighted by atomic mass is 10.1. The lowest BCUT2D eigenvalue weighted by molar-refractivity contribution is 0.343. The minimum atomic E-state index is -3.48. The molecular formula is C12H18ClNO3S. The molecule has 0 N–H and O–H groups in total. The predicted molar refractivity (Wildman–Crippen MR) is 70.1 cm³/mol. The van der Waals surface area contributed by atoms with Crippen molar-refractivity contribution in [2.45, 2.75) is 43.1 Å². The Morgan fingerprint density at radius 3 is 2.28 bits per heavy atom. The molecule has 0 unspecified atom stereocenters. The summed E-state index contributed by atoms with van der Waals surface area (Å²) in [7, 11) is -3.48. The van der Waals surface area contributed by atoms with Gasteiger partial charge in [-0.15, -0.1) is 11.6 Å². The molecule has 0 bridgehead atoms. The third-order valence-corrected chi connectivity index (χ3v) is 5.21. The molecule has 0 spiro atoms. The van der Waals surface area contributed by atoms with Gasteiger partial charge in [0.15, 0.2) is 0 Å². The Kier molecular flexibility index (Phi) is 4.70. The Labute approximate surface area is 113 Å². The van der Waals surface area contributed by atoms with Crippen molar-refractivity contribution >= 4 is 21.6 Å². The van der Waals surface area contributed by atoms with E-state index in [-0.39, 0.29) is 11.0 Å². The van der Waals surface area contributed by atoms with Gasteiger partial charge in [-0.2, -0.15) is 4.31 Å². The highest BCUT2D eigenvalue weighted by Gasteiger charge is 2.27. The maximum atomic E-state index is 12.4. The van der Waals surface area contributed by atoms with Crippen molar-refractivity contribution in [3.8, 4) is 0 Å². The van der Waals surface area contributed by atoms with Crippen LogP contribution in [0.3, 0.4) is 0 Å². The summed E-state index contributed by atoms with van der Waals surface area (Å²) >= 11 is 5.62. The van der Waals surface area contributed by atoms with E-state index in [0.29, 0.717) is 18.8 Å². The van der Waals surface area contributed by atoms with Crippen LogP contribution in [0.25, 0.3) is 0 Å². The fraction of sp³-hybridized carbons (Fsp3) is 0.667. The first-order valence-electron chi connectivity index (χ1n) is 6.29. The van der Waals surface area contributed by atoms with Crippen molar-refractivity contribution in [1.29, 1.82) is 0 Å². The minimum Gasteiger partial charge on any atom is -0.447 e. The normalized spacial score (nSPS) is 19.4. The Morgan fingerprint density at radius 2 is 1.72 bits per heavy atom. The van der Waals surface area contributed by atoms with E-state index in [4.69, 9.17) is 16.0 Å². The molecule has 0 atom stereocenters. The SMILES string of the molecule is O=S(=O)(c1ccc(CCl)o1)N1CCCCCCC1. The number of halogens is 1. The van der Waals surface area contributed by atoms with E-state index < -0.39 is 10.0 Å². The molecule has 0 saturated carbocycles. The molecule has 1 aromatic heterocycles. The molecule has 0 aliphatic carbocycles. The third kappa shape index (κ3) is 3.08. The van der Waals surface area contributed by atoms with Crippen molar-refractivity contribution in [2.24, 2.45) is 0 Å². The summed E-state index contributed by atoms with van der Waals surface area (Å²) in [6.07, 6.45) is 5.23. The van der Waals surface area contributed by atoms with Crippen molar-refractivity contribution in [1.82, 2.24) is 4.31 Å². The summed E-state index contributed by atoms with van der Waals surface area (Å²) in [5.74, 6) is 0.678. The van der Waals surface area contributed by atoms with Crippen molar-refractivity contribution < 1.29 is 12.8 Å². The molecule has 1 aromatic rings. The molecule has 1 aliphatic rings. The van der Waals surface area contributed by atoms with Gasteiger partial charge in [0, 0.05) is 13.1 Å². The second-order valence-electron chi connectivity index (χ2n) is 4.53. The summed E-state index contributed by atoms with van der Waals surface area (Å²) < 4.78 is 31.5. The zero-order valence-corrected chi connectivity index (χ0v) is 11.8. The number of alkyl halides is 1. The van der Waals surface area contributed by atoms with Gasteiger partial charge >= 0.3 is 0 Å². The molecule has 2 heterocycles. The average Bonchev–Trinajstić information content (AvgIpc) is 2.76. The number of nitrogens with zero attached hydrogens (tertiary/aromatic N) is 1. The Hall–Kier alpha value is -0.520. The van der Waals surface area contributed by atoms with Crippen molar-refractivity contribution in [3.05, 3.63) is 17.9 Å². The van der Waals surface area contributed by atoms with Crippen LogP contribution in [0.1, 0.15) is 37.9 Å². The van der Waals surface area contributed by atoms with Crippen LogP contribution in [-0.4, -0.2) is 25.8 Å². The smallest absolute Gasteiger partial charge is 0.276 e. The van der Waals surface area contributed by atoms with Gasteiger partial charge in [-0.05, 0) is 25.0 Å². The number of furan rings is 1. The zero-order chi connectivity index (χ0) is 13.0. The van der Waals surface area contributed by atoms with E-state index in [2.05, 4.69) is 0 Å². The fourth-order valence-corrected chi connectivity index (χ4v) is 3.74. The Balaban J connectivity index is 2.17. The molecule has 6 heteroatoms. The molecule has 102 valence electrons. The molecular weight excluding hydrogens is 274 g/mol. The maximum absolute atomic E-state index is 12.4. The Morgan fingerprint density at radius 1 is 1.11 bits per heavy atom. The van der Waals surface area contributed by atoms with Gasteiger partial charge in [-0.1, -0.05) is 19.3 Å². The standard InChI is InChI=1S/C12H18ClNO3S/c13-10-11-6-7-12(17-11)18(15,16)14-8-4-2-1-3-5-9-14/h6-7H,1-5,8-10H2. The second kappa shape index (κ2) is 6.08. The highest BCUT2D eigenvalue weighted by molar-refractivity contribution is 7.89. The van der Waals surface area contributed by atoms with Crippen molar-refractivity contribution in [3.63, 3.8) is 0 Å². The average molecular weight is 292 g/mol. The first-order chi connectivity index (χ1) is 8.64. The lowest BCUT2D eigenvalue weighted by Gasteiger charge is -2.22. The van der Waals surface area contributed by atoms with Gasteiger partial charge in [0.25, 0.3) is 10.0 Å². The van der Waals surface area contributed by atoms with E-state index >= 15 is 0 Å². The van der Waals surface area contributed by atoms with Crippen LogP contribution < -0.4 is 0 Å². The van der Waals surface area contributed by atoms with Gasteiger partial charge in [0.1, 0.15) is 5.76 Å². The van der Waals surface area contributed by atoms with Gasteiger partial charge in [-0.25, -0.2) is 8.42 Å². The lowest BCUT2D eigenvalue weighted by Crippen LogP contribution is -2.33. The first kappa shape index (κ1) is 13.9. The number of rotatable bonds is 3. The van der Waals surface area contributed by atoms with Crippen LogP contribution in [0, 0.1) is 0 Å².